The summed E-state index contributed by atoms with van der Waals surface area (Å²) >= 11 is 0. The number of hydrogen-bond donors (Lipinski definition) is 1. The predicted octanol–water partition coefficient (Wildman–Crippen LogP) is 2.38. The molecule has 0 atom stereocenters. The number of rotatable bonds is 7. The molecule has 1 aliphatic heterocycles. The Labute approximate surface area is 179 Å². The lowest BCUT2D eigenvalue weighted by Crippen LogP contribution is -2.49. The summed E-state index contributed by atoms with van der Waals surface area (Å²) in [6.45, 7) is 3.36. The summed E-state index contributed by atoms with van der Waals surface area (Å²) < 4.78 is 40.0. The first-order valence-corrected chi connectivity index (χ1v) is 11.1. The molecule has 0 saturated carbocycles. The van der Waals surface area contributed by atoms with Crippen LogP contribution < -0.4 is 5.32 Å². The van der Waals surface area contributed by atoms with Crippen LogP contribution in [0.5, 0.6) is 0 Å². The Bertz CT molecular complexity index is 1080. The highest BCUT2D eigenvalue weighted by Crippen LogP contribution is 2.25. The van der Waals surface area contributed by atoms with Gasteiger partial charge in [0.15, 0.2) is 0 Å². The Kier molecular flexibility index (Phi) is 6.98. The molecule has 0 bridgehead atoms. The molecule has 1 amide bonds. The molecule has 2 aromatic rings. The molecule has 1 heterocycles. The van der Waals surface area contributed by atoms with Crippen molar-refractivity contribution in [2.75, 3.05) is 38.0 Å². The van der Waals surface area contributed by atoms with Crippen LogP contribution in [0.4, 0.5) is 15.8 Å². The highest BCUT2D eigenvalue weighted by atomic mass is 32.2. The summed E-state index contributed by atoms with van der Waals surface area (Å²) in [4.78, 5) is 24.7. The van der Waals surface area contributed by atoms with Gasteiger partial charge in [0.1, 0.15) is 5.82 Å². The predicted molar refractivity (Wildman–Crippen MR) is 113 cm³/mol. The van der Waals surface area contributed by atoms with Gasteiger partial charge in [0, 0.05) is 45.2 Å². The Morgan fingerprint density at radius 3 is 2.48 bits per heavy atom. The lowest BCUT2D eigenvalue weighted by atomic mass is 10.1. The van der Waals surface area contributed by atoms with E-state index in [9.17, 15) is 27.7 Å². The van der Waals surface area contributed by atoms with E-state index in [-0.39, 0.29) is 36.0 Å². The van der Waals surface area contributed by atoms with Gasteiger partial charge in [0.25, 0.3) is 5.69 Å². The van der Waals surface area contributed by atoms with E-state index in [1.807, 2.05) is 4.90 Å². The fourth-order valence-corrected chi connectivity index (χ4v) is 4.85. The zero-order valence-corrected chi connectivity index (χ0v) is 17.8. The van der Waals surface area contributed by atoms with E-state index >= 15 is 0 Å². The third-order valence-corrected chi connectivity index (χ3v) is 7.09. The van der Waals surface area contributed by atoms with Gasteiger partial charge in [0.05, 0.1) is 21.1 Å². The fraction of sp³-hybridized carbons (Fsp3) is 0.350. The third-order valence-electron chi connectivity index (χ3n) is 5.20. The monoisotopic (exact) mass is 450 g/mol. The Morgan fingerprint density at radius 2 is 1.84 bits per heavy atom. The molecular formula is C20H23FN4O5S. The summed E-state index contributed by atoms with van der Waals surface area (Å²) in [6, 6.07) is 9.42. The molecule has 31 heavy (non-hydrogen) atoms. The van der Waals surface area contributed by atoms with Gasteiger partial charge in [-0.15, -0.1) is 0 Å². The molecule has 0 aromatic heterocycles. The second kappa shape index (κ2) is 9.50. The van der Waals surface area contributed by atoms with Crippen molar-refractivity contribution in [1.29, 1.82) is 0 Å². The molecule has 0 unspecified atom stereocenters. The zero-order valence-electron chi connectivity index (χ0n) is 17.0. The topological polar surface area (TPSA) is 113 Å². The molecular weight excluding hydrogens is 427 g/mol. The zero-order chi connectivity index (χ0) is 22.6. The molecule has 11 heteroatoms. The van der Waals surface area contributed by atoms with E-state index in [1.165, 1.54) is 34.6 Å². The number of amides is 1. The number of carbonyl (C=O) groups is 1. The average molecular weight is 450 g/mol. The first kappa shape index (κ1) is 22.8. The van der Waals surface area contributed by atoms with Crippen LogP contribution in [0.25, 0.3) is 0 Å². The third kappa shape index (κ3) is 5.43. The molecule has 1 saturated heterocycles. The van der Waals surface area contributed by atoms with Crippen molar-refractivity contribution in [2.45, 2.75) is 18.2 Å². The summed E-state index contributed by atoms with van der Waals surface area (Å²) in [5.41, 5.74) is 0.718. The van der Waals surface area contributed by atoms with Crippen molar-refractivity contribution < 1.29 is 22.5 Å². The lowest BCUT2D eigenvalue weighted by Gasteiger charge is -2.33. The first-order valence-electron chi connectivity index (χ1n) is 9.70. The molecule has 1 N–H and O–H groups in total. The maximum Gasteiger partial charge on any atom is 0.274 e. The van der Waals surface area contributed by atoms with Gasteiger partial charge >= 0.3 is 0 Å². The Hall–Kier alpha value is -2.89. The van der Waals surface area contributed by atoms with Crippen LogP contribution in [0, 0.1) is 22.9 Å². The van der Waals surface area contributed by atoms with Crippen LogP contribution in [0.15, 0.2) is 47.4 Å². The van der Waals surface area contributed by atoms with Gasteiger partial charge in [-0.05, 0) is 31.2 Å². The summed E-state index contributed by atoms with van der Waals surface area (Å²) in [7, 11) is -3.76. The SMILES string of the molecule is Cc1c(NC(=O)CCN2CCN(S(=O)(=O)c3cccc(F)c3)CC2)cccc1[N+](=O)[O-]. The van der Waals surface area contributed by atoms with Crippen LogP contribution in [0.1, 0.15) is 12.0 Å². The quantitative estimate of drug-likeness (QED) is 0.512. The number of sulfonamides is 1. The van der Waals surface area contributed by atoms with Crippen molar-refractivity contribution in [2.24, 2.45) is 0 Å². The number of anilines is 1. The number of piperazine rings is 1. The molecule has 166 valence electrons. The van der Waals surface area contributed by atoms with E-state index in [0.29, 0.717) is 30.9 Å². The standard InChI is InChI=1S/C20H23FN4O5S/c1-15-18(6-3-7-19(15)25(27)28)22-20(26)8-9-23-10-12-24(13-11-23)31(29,30)17-5-2-4-16(21)14-17/h2-7,14H,8-13H2,1H3,(H,22,26). The molecule has 1 fully saturated rings. The van der Waals surface area contributed by atoms with Crippen molar-refractivity contribution >= 4 is 27.3 Å². The van der Waals surface area contributed by atoms with Crippen LogP contribution in [-0.2, 0) is 14.8 Å². The van der Waals surface area contributed by atoms with Crippen molar-refractivity contribution in [3.8, 4) is 0 Å². The maximum absolute atomic E-state index is 13.4. The summed E-state index contributed by atoms with van der Waals surface area (Å²) in [5, 5.41) is 13.7. The minimum Gasteiger partial charge on any atom is -0.326 e. The highest BCUT2D eigenvalue weighted by Gasteiger charge is 2.28. The Morgan fingerprint density at radius 1 is 1.16 bits per heavy atom. The number of hydrogen-bond acceptors (Lipinski definition) is 6. The highest BCUT2D eigenvalue weighted by molar-refractivity contribution is 7.89. The molecule has 0 aliphatic carbocycles. The normalized spacial score (nSPS) is 15.5. The maximum atomic E-state index is 13.4. The number of halogens is 1. The number of benzene rings is 2. The number of carbonyl (C=O) groups excluding carboxylic acids is 1. The van der Waals surface area contributed by atoms with Gasteiger partial charge in [-0.25, -0.2) is 12.8 Å². The van der Waals surface area contributed by atoms with Crippen molar-refractivity contribution in [1.82, 2.24) is 9.21 Å². The second-order valence-electron chi connectivity index (χ2n) is 7.21. The van der Waals surface area contributed by atoms with E-state index < -0.39 is 20.8 Å². The second-order valence-corrected chi connectivity index (χ2v) is 9.15. The molecule has 1 aliphatic rings. The van der Waals surface area contributed by atoms with E-state index in [0.717, 1.165) is 6.07 Å². The minimum absolute atomic E-state index is 0.0616. The van der Waals surface area contributed by atoms with E-state index in [4.69, 9.17) is 0 Å². The van der Waals surface area contributed by atoms with E-state index in [2.05, 4.69) is 5.32 Å². The number of nitro groups is 1. The fourth-order valence-electron chi connectivity index (χ4n) is 3.40. The number of nitrogens with zero attached hydrogens (tertiary/aromatic N) is 3. The average Bonchev–Trinajstić information content (AvgIpc) is 2.74. The van der Waals surface area contributed by atoms with Gasteiger partial charge in [0.2, 0.25) is 15.9 Å². The lowest BCUT2D eigenvalue weighted by molar-refractivity contribution is -0.385. The molecule has 0 spiro atoms. The molecule has 9 nitrogen and oxygen atoms in total. The summed E-state index contributed by atoms with van der Waals surface area (Å²) in [6.07, 6.45) is 0.165. The molecule has 3 rings (SSSR count). The summed E-state index contributed by atoms with van der Waals surface area (Å²) in [5.74, 6) is -0.886. The van der Waals surface area contributed by atoms with Crippen molar-refractivity contribution in [3.05, 3.63) is 64.0 Å². The van der Waals surface area contributed by atoms with Crippen molar-refractivity contribution in [3.63, 3.8) is 0 Å². The van der Waals surface area contributed by atoms with E-state index in [1.54, 1.807) is 13.0 Å². The van der Waals surface area contributed by atoms with Gasteiger partial charge in [-0.3, -0.25) is 14.9 Å². The first-order chi connectivity index (χ1) is 14.7. The van der Waals surface area contributed by atoms with Crippen LogP contribution >= 0.6 is 0 Å². The van der Waals surface area contributed by atoms with Crippen LogP contribution in [0.2, 0.25) is 0 Å². The molecule has 2 aromatic carbocycles. The van der Waals surface area contributed by atoms with Crippen LogP contribution in [0.3, 0.4) is 0 Å². The van der Waals surface area contributed by atoms with Gasteiger partial charge in [-0.2, -0.15) is 4.31 Å². The van der Waals surface area contributed by atoms with Gasteiger partial charge in [-0.1, -0.05) is 12.1 Å². The minimum atomic E-state index is -3.76. The number of nitro benzene ring substituents is 1. The Balaban J connectivity index is 1.51. The van der Waals surface area contributed by atoms with Gasteiger partial charge < -0.3 is 10.2 Å². The largest absolute Gasteiger partial charge is 0.326 e. The smallest absolute Gasteiger partial charge is 0.274 e. The van der Waals surface area contributed by atoms with Crippen LogP contribution in [-0.4, -0.2) is 61.2 Å². The molecule has 0 radical (unpaired) electrons. The number of nitrogens with one attached hydrogen (secondary N) is 1.